The summed E-state index contributed by atoms with van der Waals surface area (Å²) in [5.74, 6) is -0.0623. The number of H-pyrrole nitrogens is 2. The van der Waals surface area contributed by atoms with Crippen molar-refractivity contribution in [3.8, 4) is 0 Å². The number of nitrogens with zero attached hydrogens (tertiary/aromatic N) is 3. The summed E-state index contributed by atoms with van der Waals surface area (Å²) in [6, 6.07) is 0. The van der Waals surface area contributed by atoms with Crippen LogP contribution in [0.2, 0.25) is 0 Å². The number of hydrogen-bond donors (Lipinski definition) is 4. The zero-order valence-corrected chi connectivity index (χ0v) is 6.98. The SMILES string of the molecule is Nc1cn[nH]c1NC(=O)c1cn[nH]n1. The third-order valence-corrected chi connectivity index (χ3v) is 1.55. The Morgan fingerprint density at radius 2 is 2.29 bits per heavy atom. The van der Waals surface area contributed by atoms with Crippen LogP contribution in [0.4, 0.5) is 11.5 Å². The van der Waals surface area contributed by atoms with E-state index in [1.54, 1.807) is 0 Å². The van der Waals surface area contributed by atoms with E-state index >= 15 is 0 Å². The number of hydrogen-bond acceptors (Lipinski definition) is 5. The predicted octanol–water partition coefficient (Wildman–Crippen LogP) is -0.638. The van der Waals surface area contributed by atoms with Crippen LogP contribution in [-0.4, -0.2) is 31.5 Å². The largest absolute Gasteiger partial charge is 0.394 e. The minimum absolute atomic E-state index is 0.180. The van der Waals surface area contributed by atoms with Crippen molar-refractivity contribution in [1.82, 2.24) is 25.6 Å². The summed E-state index contributed by atoms with van der Waals surface area (Å²) in [5, 5.41) is 18.1. The lowest BCUT2D eigenvalue weighted by Crippen LogP contribution is -2.13. The second-order valence-corrected chi connectivity index (χ2v) is 2.51. The fourth-order valence-electron chi connectivity index (χ4n) is 0.884. The molecule has 1 amide bonds. The summed E-state index contributed by atoms with van der Waals surface area (Å²) in [6.45, 7) is 0. The molecule has 72 valence electrons. The molecular weight excluding hydrogens is 186 g/mol. The van der Waals surface area contributed by atoms with Gasteiger partial charge in [0.25, 0.3) is 5.91 Å². The van der Waals surface area contributed by atoms with E-state index in [-0.39, 0.29) is 5.69 Å². The molecule has 0 atom stereocenters. The van der Waals surface area contributed by atoms with Gasteiger partial charge >= 0.3 is 0 Å². The molecule has 14 heavy (non-hydrogen) atoms. The van der Waals surface area contributed by atoms with Crippen molar-refractivity contribution in [2.75, 3.05) is 11.1 Å². The number of rotatable bonds is 2. The van der Waals surface area contributed by atoms with Gasteiger partial charge in [-0.3, -0.25) is 9.89 Å². The molecule has 0 unspecified atom stereocenters. The van der Waals surface area contributed by atoms with Gasteiger partial charge in [-0.2, -0.15) is 20.5 Å². The fraction of sp³-hybridized carbons (Fsp3) is 0. The van der Waals surface area contributed by atoms with Crippen LogP contribution in [0.1, 0.15) is 10.5 Å². The molecule has 8 nitrogen and oxygen atoms in total. The zero-order valence-electron chi connectivity index (χ0n) is 6.98. The Hall–Kier alpha value is -2.38. The number of carbonyl (C=O) groups is 1. The zero-order chi connectivity index (χ0) is 9.97. The third kappa shape index (κ3) is 1.40. The average Bonchev–Trinajstić information content (AvgIpc) is 2.77. The second-order valence-electron chi connectivity index (χ2n) is 2.51. The molecule has 0 saturated heterocycles. The molecule has 0 aromatic carbocycles. The topological polar surface area (TPSA) is 125 Å². The van der Waals surface area contributed by atoms with Crippen molar-refractivity contribution in [3.63, 3.8) is 0 Å². The van der Waals surface area contributed by atoms with E-state index in [0.29, 0.717) is 11.5 Å². The second kappa shape index (κ2) is 3.17. The number of aromatic amines is 2. The maximum atomic E-state index is 11.4. The highest BCUT2D eigenvalue weighted by Crippen LogP contribution is 2.12. The average molecular weight is 193 g/mol. The maximum absolute atomic E-state index is 11.4. The molecular formula is C6H7N7O. The Balaban J connectivity index is 2.13. The summed E-state index contributed by atoms with van der Waals surface area (Å²) in [4.78, 5) is 11.4. The molecule has 0 bridgehead atoms. The molecule has 2 rings (SSSR count). The van der Waals surface area contributed by atoms with Crippen LogP contribution in [0.25, 0.3) is 0 Å². The molecule has 2 aromatic rings. The lowest BCUT2D eigenvalue weighted by molar-refractivity contribution is 0.102. The third-order valence-electron chi connectivity index (χ3n) is 1.55. The Morgan fingerprint density at radius 1 is 1.43 bits per heavy atom. The smallest absolute Gasteiger partial charge is 0.279 e. The Labute approximate surface area is 77.9 Å². The van der Waals surface area contributed by atoms with E-state index in [1.807, 2.05) is 0 Å². The predicted molar refractivity (Wildman–Crippen MR) is 47.3 cm³/mol. The summed E-state index contributed by atoms with van der Waals surface area (Å²) >= 11 is 0. The van der Waals surface area contributed by atoms with Crippen LogP contribution >= 0.6 is 0 Å². The maximum Gasteiger partial charge on any atom is 0.279 e. The van der Waals surface area contributed by atoms with E-state index < -0.39 is 5.91 Å². The first-order chi connectivity index (χ1) is 6.77. The number of nitrogens with one attached hydrogen (secondary N) is 3. The molecule has 0 aliphatic rings. The molecule has 0 spiro atoms. The first kappa shape index (κ1) is 8.23. The number of anilines is 2. The highest BCUT2D eigenvalue weighted by molar-refractivity contribution is 6.03. The number of amides is 1. The lowest BCUT2D eigenvalue weighted by Gasteiger charge is -1.99. The van der Waals surface area contributed by atoms with Crippen molar-refractivity contribution in [1.29, 1.82) is 0 Å². The van der Waals surface area contributed by atoms with Crippen LogP contribution in [-0.2, 0) is 0 Å². The standard InChI is InChI=1S/C6H7N7O/c7-3-1-8-12-5(3)10-6(14)4-2-9-13-11-4/h1-2H,7H2,(H,9,11,13)(H2,8,10,12,14). The van der Waals surface area contributed by atoms with Crippen molar-refractivity contribution in [2.45, 2.75) is 0 Å². The molecule has 2 heterocycles. The van der Waals surface area contributed by atoms with Gasteiger partial charge < -0.3 is 11.1 Å². The van der Waals surface area contributed by atoms with Crippen LogP contribution in [0.5, 0.6) is 0 Å². The molecule has 0 aliphatic heterocycles. The molecule has 0 fully saturated rings. The lowest BCUT2D eigenvalue weighted by atomic mass is 10.4. The Kier molecular flexibility index (Phi) is 1.86. The van der Waals surface area contributed by atoms with Crippen LogP contribution in [0.3, 0.4) is 0 Å². The molecule has 5 N–H and O–H groups in total. The van der Waals surface area contributed by atoms with Gasteiger partial charge in [0.05, 0.1) is 18.1 Å². The monoisotopic (exact) mass is 193 g/mol. The summed E-state index contributed by atoms with van der Waals surface area (Å²) in [5.41, 5.74) is 6.03. The van der Waals surface area contributed by atoms with Gasteiger partial charge in [-0.25, -0.2) is 0 Å². The normalized spacial score (nSPS) is 10.0. The summed E-state index contributed by atoms with van der Waals surface area (Å²) < 4.78 is 0. The quantitative estimate of drug-likeness (QED) is 0.504. The van der Waals surface area contributed by atoms with E-state index in [4.69, 9.17) is 5.73 Å². The highest BCUT2D eigenvalue weighted by Gasteiger charge is 2.11. The molecule has 2 aromatic heterocycles. The van der Waals surface area contributed by atoms with Crippen molar-refractivity contribution >= 4 is 17.4 Å². The van der Waals surface area contributed by atoms with Gasteiger partial charge in [0.15, 0.2) is 11.5 Å². The van der Waals surface area contributed by atoms with E-state index in [2.05, 4.69) is 30.9 Å². The van der Waals surface area contributed by atoms with Crippen molar-refractivity contribution in [3.05, 3.63) is 18.1 Å². The highest BCUT2D eigenvalue weighted by atomic mass is 16.2. The summed E-state index contributed by atoms with van der Waals surface area (Å²) in [6.07, 6.45) is 2.71. The Morgan fingerprint density at radius 3 is 2.86 bits per heavy atom. The van der Waals surface area contributed by atoms with E-state index in [0.717, 1.165) is 0 Å². The fourth-order valence-corrected chi connectivity index (χ4v) is 0.884. The summed E-state index contributed by atoms with van der Waals surface area (Å²) in [7, 11) is 0. The van der Waals surface area contributed by atoms with E-state index in [9.17, 15) is 4.79 Å². The Bertz CT molecular complexity index is 431. The number of nitrogen functional groups attached to an aromatic ring is 1. The number of aromatic nitrogens is 5. The molecule has 0 radical (unpaired) electrons. The van der Waals surface area contributed by atoms with Crippen molar-refractivity contribution < 1.29 is 4.79 Å². The molecule has 0 aliphatic carbocycles. The van der Waals surface area contributed by atoms with E-state index in [1.165, 1.54) is 12.4 Å². The first-order valence-electron chi connectivity index (χ1n) is 3.73. The van der Waals surface area contributed by atoms with Crippen LogP contribution < -0.4 is 11.1 Å². The minimum atomic E-state index is -0.408. The molecule has 8 heteroatoms. The number of nitrogens with two attached hydrogens (primary N) is 1. The van der Waals surface area contributed by atoms with Crippen LogP contribution in [0, 0.1) is 0 Å². The van der Waals surface area contributed by atoms with Gasteiger partial charge in [-0.15, -0.1) is 0 Å². The van der Waals surface area contributed by atoms with Crippen molar-refractivity contribution in [2.24, 2.45) is 0 Å². The van der Waals surface area contributed by atoms with Gasteiger partial charge in [0.2, 0.25) is 0 Å². The first-order valence-corrected chi connectivity index (χ1v) is 3.73. The number of carbonyl (C=O) groups excluding carboxylic acids is 1. The van der Waals surface area contributed by atoms with Gasteiger partial charge in [-0.1, -0.05) is 0 Å². The van der Waals surface area contributed by atoms with Gasteiger partial charge in [0, 0.05) is 0 Å². The van der Waals surface area contributed by atoms with Gasteiger partial charge in [0.1, 0.15) is 0 Å². The molecule has 0 saturated carbocycles. The van der Waals surface area contributed by atoms with Crippen LogP contribution in [0.15, 0.2) is 12.4 Å². The minimum Gasteiger partial charge on any atom is -0.394 e. The van der Waals surface area contributed by atoms with Gasteiger partial charge in [-0.05, 0) is 0 Å².